The topological polar surface area (TPSA) is 61.4 Å². The van der Waals surface area contributed by atoms with Crippen LogP contribution >= 0.6 is 11.6 Å². The Bertz CT molecular complexity index is 886. The van der Waals surface area contributed by atoms with Gasteiger partial charge in [-0.25, -0.2) is 0 Å². The highest BCUT2D eigenvalue weighted by molar-refractivity contribution is 6.31. The zero-order valence-electron chi connectivity index (χ0n) is 17.7. The molecule has 160 valence electrons. The largest absolute Gasteiger partial charge is 0.350 e. The van der Waals surface area contributed by atoms with Crippen LogP contribution in [0, 0.1) is 5.92 Å². The van der Waals surface area contributed by atoms with Crippen molar-refractivity contribution in [3.63, 3.8) is 0 Å². The normalized spacial score (nSPS) is 17.9. The summed E-state index contributed by atoms with van der Waals surface area (Å²) in [5, 5.41) is 6.72. The van der Waals surface area contributed by atoms with Gasteiger partial charge in [0, 0.05) is 24.2 Å². The molecule has 1 aliphatic heterocycles. The Labute approximate surface area is 183 Å². The predicted molar refractivity (Wildman–Crippen MR) is 122 cm³/mol. The molecule has 0 spiro atoms. The van der Waals surface area contributed by atoms with Gasteiger partial charge >= 0.3 is 0 Å². The maximum Gasteiger partial charge on any atom is 0.253 e. The number of nitrogens with one attached hydrogen (secondary N) is 2. The molecular weight excluding hydrogens is 398 g/mol. The highest BCUT2D eigenvalue weighted by Crippen LogP contribution is 2.24. The fourth-order valence-corrected chi connectivity index (χ4v) is 3.90. The Morgan fingerprint density at radius 2 is 1.90 bits per heavy atom. The van der Waals surface area contributed by atoms with Crippen molar-refractivity contribution in [3.05, 3.63) is 64.7 Å². The van der Waals surface area contributed by atoms with Crippen molar-refractivity contribution < 1.29 is 9.59 Å². The first-order chi connectivity index (χ1) is 14.5. The number of halogens is 1. The van der Waals surface area contributed by atoms with Crippen molar-refractivity contribution in [1.82, 2.24) is 10.2 Å². The van der Waals surface area contributed by atoms with Crippen molar-refractivity contribution in [2.45, 2.75) is 45.7 Å². The zero-order valence-corrected chi connectivity index (χ0v) is 18.4. The molecule has 30 heavy (non-hydrogen) atoms. The number of hydrogen-bond donors (Lipinski definition) is 2. The molecule has 1 heterocycles. The fraction of sp³-hybridized carbons (Fsp3) is 0.417. The minimum absolute atomic E-state index is 0.0392. The molecule has 0 bridgehead atoms. The van der Waals surface area contributed by atoms with Crippen LogP contribution in [0.1, 0.15) is 49.0 Å². The fourth-order valence-electron chi connectivity index (χ4n) is 3.71. The summed E-state index contributed by atoms with van der Waals surface area (Å²) in [6, 6.07) is 15.1. The molecule has 2 aromatic carbocycles. The van der Waals surface area contributed by atoms with Gasteiger partial charge in [-0.15, -0.1) is 0 Å². The summed E-state index contributed by atoms with van der Waals surface area (Å²) in [7, 11) is 0. The maximum absolute atomic E-state index is 13.0. The van der Waals surface area contributed by atoms with Crippen LogP contribution in [0.4, 0.5) is 5.69 Å². The predicted octanol–water partition coefficient (Wildman–Crippen LogP) is 4.72. The Balaban J connectivity index is 1.64. The Morgan fingerprint density at radius 3 is 2.67 bits per heavy atom. The lowest BCUT2D eigenvalue weighted by molar-refractivity contribution is -0.121. The molecular formula is C24H30ClN3O2. The van der Waals surface area contributed by atoms with E-state index >= 15 is 0 Å². The SMILES string of the molecule is CC[C@@H](C)NC(=O)c1ccccc1NC(=O)[C@@H]1CCCN(Cc2ccccc2Cl)C1. The van der Waals surface area contributed by atoms with E-state index in [0.717, 1.165) is 42.9 Å². The van der Waals surface area contributed by atoms with Crippen LogP contribution in [-0.2, 0) is 11.3 Å². The van der Waals surface area contributed by atoms with E-state index < -0.39 is 0 Å². The molecule has 3 rings (SSSR count). The number of anilines is 1. The minimum Gasteiger partial charge on any atom is -0.350 e. The lowest BCUT2D eigenvalue weighted by atomic mass is 9.96. The molecule has 2 N–H and O–H groups in total. The van der Waals surface area contributed by atoms with E-state index in [0.29, 0.717) is 17.8 Å². The molecule has 2 atom stereocenters. The molecule has 0 radical (unpaired) electrons. The average Bonchev–Trinajstić information content (AvgIpc) is 2.75. The van der Waals surface area contributed by atoms with Crippen molar-refractivity contribution in [3.8, 4) is 0 Å². The number of carbonyl (C=O) groups excluding carboxylic acids is 2. The molecule has 1 aliphatic rings. The van der Waals surface area contributed by atoms with E-state index in [2.05, 4.69) is 15.5 Å². The van der Waals surface area contributed by atoms with E-state index in [1.807, 2.05) is 50.2 Å². The monoisotopic (exact) mass is 427 g/mol. The second kappa shape index (κ2) is 10.6. The molecule has 0 aromatic heterocycles. The minimum atomic E-state index is -0.163. The summed E-state index contributed by atoms with van der Waals surface area (Å²) in [6.45, 7) is 6.35. The lowest BCUT2D eigenvalue weighted by Crippen LogP contribution is -2.40. The van der Waals surface area contributed by atoms with Gasteiger partial charge in [0.05, 0.1) is 17.2 Å². The standard InChI is InChI=1S/C24H30ClN3O2/c1-3-17(2)26-24(30)20-11-5-7-13-22(20)27-23(29)19-10-8-14-28(16-19)15-18-9-4-6-12-21(18)25/h4-7,9,11-13,17,19H,3,8,10,14-16H2,1-2H3,(H,26,30)(H,27,29)/t17-,19-/m1/s1. The number of carbonyl (C=O) groups is 2. The Morgan fingerprint density at radius 1 is 1.17 bits per heavy atom. The van der Waals surface area contributed by atoms with E-state index in [-0.39, 0.29) is 23.8 Å². The van der Waals surface area contributed by atoms with E-state index in [4.69, 9.17) is 11.6 Å². The quantitative estimate of drug-likeness (QED) is 0.672. The van der Waals surface area contributed by atoms with Gasteiger partial charge in [-0.05, 0) is 56.5 Å². The number of amides is 2. The molecule has 5 nitrogen and oxygen atoms in total. The summed E-state index contributed by atoms with van der Waals surface area (Å²) < 4.78 is 0. The Hall–Kier alpha value is -2.37. The van der Waals surface area contributed by atoms with Crippen LogP contribution < -0.4 is 10.6 Å². The third-order valence-corrected chi connectivity index (χ3v) is 6.02. The van der Waals surface area contributed by atoms with Gasteiger partial charge in [-0.2, -0.15) is 0 Å². The number of rotatable bonds is 7. The first-order valence-corrected chi connectivity index (χ1v) is 11.0. The summed E-state index contributed by atoms with van der Waals surface area (Å²) >= 11 is 6.30. The molecule has 1 fully saturated rings. The molecule has 0 unspecified atom stereocenters. The summed E-state index contributed by atoms with van der Waals surface area (Å²) in [5.74, 6) is -0.321. The average molecular weight is 428 g/mol. The number of hydrogen-bond acceptors (Lipinski definition) is 3. The highest BCUT2D eigenvalue weighted by atomic mass is 35.5. The first-order valence-electron chi connectivity index (χ1n) is 10.6. The van der Waals surface area contributed by atoms with Crippen LogP contribution in [0.5, 0.6) is 0 Å². The van der Waals surface area contributed by atoms with Crippen LogP contribution in [0.3, 0.4) is 0 Å². The van der Waals surface area contributed by atoms with Crippen molar-refractivity contribution >= 4 is 29.1 Å². The maximum atomic E-state index is 13.0. The van der Waals surface area contributed by atoms with Crippen molar-refractivity contribution in [2.24, 2.45) is 5.92 Å². The van der Waals surface area contributed by atoms with E-state index in [1.165, 1.54) is 0 Å². The number of para-hydroxylation sites is 1. The second-order valence-electron chi connectivity index (χ2n) is 7.98. The molecule has 1 saturated heterocycles. The summed E-state index contributed by atoms with van der Waals surface area (Å²) in [4.78, 5) is 27.9. The van der Waals surface area contributed by atoms with Gasteiger partial charge in [0.15, 0.2) is 0 Å². The van der Waals surface area contributed by atoms with Crippen molar-refractivity contribution in [2.75, 3.05) is 18.4 Å². The van der Waals surface area contributed by atoms with Gasteiger partial charge in [0.2, 0.25) is 5.91 Å². The molecule has 0 saturated carbocycles. The Kier molecular flexibility index (Phi) is 7.88. The second-order valence-corrected chi connectivity index (χ2v) is 8.39. The van der Waals surface area contributed by atoms with Gasteiger partial charge in [-0.1, -0.05) is 48.9 Å². The third kappa shape index (κ3) is 5.83. The van der Waals surface area contributed by atoms with Gasteiger partial charge in [0.1, 0.15) is 0 Å². The molecule has 0 aliphatic carbocycles. The van der Waals surface area contributed by atoms with Crippen LogP contribution in [0.15, 0.2) is 48.5 Å². The highest BCUT2D eigenvalue weighted by Gasteiger charge is 2.27. The van der Waals surface area contributed by atoms with E-state index in [9.17, 15) is 9.59 Å². The lowest BCUT2D eigenvalue weighted by Gasteiger charge is -2.32. The smallest absolute Gasteiger partial charge is 0.253 e. The number of likely N-dealkylation sites (tertiary alicyclic amines) is 1. The van der Waals surface area contributed by atoms with Gasteiger partial charge < -0.3 is 10.6 Å². The zero-order chi connectivity index (χ0) is 21.5. The number of nitrogens with zero attached hydrogens (tertiary/aromatic N) is 1. The molecule has 2 amide bonds. The van der Waals surface area contributed by atoms with Crippen LogP contribution in [0.2, 0.25) is 5.02 Å². The molecule has 2 aromatic rings. The van der Waals surface area contributed by atoms with Crippen molar-refractivity contribution in [1.29, 1.82) is 0 Å². The van der Waals surface area contributed by atoms with Gasteiger partial charge in [-0.3, -0.25) is 14.5 Å². The third-order valence-electron chi connectivity index (χ3n) is 5.65. The van der Waals surface area contributed by atoms with E-state index in [1.54, 1.807) is 12.1 Å². The van der Waals surface area contributed by atoms with Crippen LogP contribution in [-0.4, -0.2) is 35.8 Å². The summed E-state index contributed by atoms with van der Waals surface area (Å²) in [6.07, 6.45) is 2.65. The molecule has 6 heteroatoms. The number of benzene rings is 2. The number of piperidine rings is 1. The van der Waals surface area contributed by atoms with Crippen LogP contribution in [0.25, 0.3) is 0 Å². The first kappa shape index (κ1) is 22.3. The van der Waals surface area contributed by atoms with Gasteiger partial charge in [0.25, 0.3) is 5.91 Å². The summed E-state index contributed by atoms with van der Waals surface area (Å²) in [5.41, 5.74) is 2.13.